The number of nitrogens with one attached hydrogen (secondary N) is 1. The number of phenols is 1. The second-order valence-corrected chi connectivity index (χ2v) is 6.16. The molecule has 4 N–H and O–H groups in total. The van der Waals surface area contributed by atoms with E-state index in [1.54, 1.807) is 31.2 Å². The van der Waals surface area contributed by atoms with Crippen LogP contribution in [0.2, 0.25) is 0 Å². The predicted molar refractivity (Wildman–Crippen MR) is 84.3 cm³/mol. The van der Waals surface area contributed by atoms with Crippen LogP contribution in [0.5, 0.6) is 5.75 Å². The molecule has 120 valence electrons. The average molecular weight is 304 g/mol. The fraction of sp³-hybridized carbons (Fsp3) is 0.529. The van der Waals surface area contributed by atoms with E-state index in [0.29, 0.717) is 12.8 Å². The van der Waals surface area contributed by atoms with Crippen LogP contribution >= 0.6 is 0 Å². The topological polar surface area (TPSA) is 92.4 Å². The van der Waals surface area contributed by atoms with Gasteiger partial charge in [0.1, 0.15) is 11.3 Å². The smallest absolute Gasteiger partial charge is 0.243 e. The quantitative estimate of drug-likeness (QED) is 0.744. The Labute approximate surface area is 130 Å². The van der Waals surface area contributed by atoms with Gasteiger partial charge in [0.15, 0.2) is 0 Å². The van der Waals surface area contributed by atoms with Crippen LogP contribution in [-0.2, 0) is 9.59 Å². The summed E-state index contributed by atoms with van der Waals surface area (Å²) in [5, 5.41) is 12.2. The normalized spacial score (nSPS) is 19.0. The van der Waals surface area contributed by atoms with Gasteiger partial charge in [0.05, 0.1) is 5.92 Å². The van der Waals surface area contributed by atoms with Crippen molar-refractivity contribution in [3.8, 4) is 5.75 Å². The highest BCUT2D eigenvalue weighted by Crippen LogP contribution is 2.28. The second kappa shape index (κ2) is 6.81. The molecule has 1 aliphatic carbocycles. The fourth-order valence-electron chi connectivity index (χ4n) is 3.02. The van der Waals surface area contributed by atoms with Crippen molar-refractivity contribution in [3.63, 3.8) is 0 Å². The molecule has 22 heavy (non-hydrogen) atoms. The van der Waals surface area contributed by atoms with Crippen LogP contribution in [0.4, 0.5) is 0 Å². The minimum absolute atomic E-state index is 0.161. The van der Waals surface area contributed by atoms with E-state index < -0.39 is 17.4 Å². The Bertz CT molecular complexity index is 531. The molecule has 5 heteroatoms. The van der Waals surface area contributed by atoms with Crippen molar-refractivity contribution in [3.05, 3.63) is 29.8 Å². The zero-order valence-corrected chi connectivity index (χ0v) is 13.0. The summed E-state index contributed by atoms with van der Waals surface area (Å²) in [6.45, 7) is 1.78. The molecule has 1 saturated carbocycles. The highest BCUT2D eigenvalue weighted by molar-refractivity contribution is 5.92. The van der Waals surface area contributed by atoms with Gasteiger partial charge in [-0.15, -0.1) is 0 Å². The van der Waals surface area contributed by atoms with E-state index in [9.17, 15) is 14.7 Å². The van der Waals surface area contributed by atoms with Gasteiger partial charge in [0.25, 0.3) is 0 Å². The molecule has 1 unspecified atom stereocenters. The molecule has 1 fully saturated rings. The summed E-state index contributed by atoms with van der Waals surface area (Å²) in [6.07, 6.45) is 5.15. The number of hydrogen-bond acceptors (Lipinski definition) is 3. The number of phenolic OH excluding ortho intramolecular Hbond substituents is 1. The van der Waals surface area contributed by atoms with Gasteiger partial charge < -0.3 is 16.2 Å². The first kappa shape index (κ1) is 16.3. The molecule has 0 saturated heterocycles. The molecule has 1 atom stereocenters. The highest BCUT2D eigenvalue weighted by Gasteiger charge is 2.39. The lowest BCUT2D eigenvalue weighted by molar-refractivity contribution is -0.132. The van der Waals surface area contributed by atoms with Gasteiger partial charge in [-0.3, -0.25) is 9.59 Å². The maximum Gasteiger partial charge on any atom is 0.243 e. The molecule has 2 amide bonds. The van der Waals surface area contributed by atoms with Crippen molar-refractivity contribution in [2.75, 3.05) is 0 Å². The molecule has 1 aromatic carbocycles. The van der Waals surface area contributed by atoms with Gasteiger partial charge in [0, 0.05) is 0 Å². The first-order valence-electron chi connectivity index (χ1n) is 7.85. The van der Waals surface area contributed by atoms with Crippen LogP contribution in [0.25, 0.3) is 0 Å². The Balaban J connectivity index is 2.13. The minimum atomic E-state index is -0.918. The zero-order chi connectivity index (χ0) is 16.2. The van der Waals surface area contributed by atoms with Crippen LogP contribution in [0.3, 0.4) is 0 Å². The number of carbonyl (C=O) groups excluding carboxylic acids is 2. The lowest BCUT2D eigenvalue weighted by Gasteiger charge is -2.31. The zero-order valence-electron chi connectivity index (χ0n) is 13.0. The molecule has 1 aliphatic rings. The van der Waals surface area contributed by atoms with Gasteiger partial charge in [-0.2, -0.15) is 0 Å². The van der Waals surface area contributed by atoms with E-state index in [1.807, 2.05) is 0 Å². The number of rotatable bonds is 4. The van der Waals surface area contributed by atoms with Crippen LogP contribution in [0.15, 0.2) is 24.3 Å². The molecule has 5 nitrogen and oxygen atoms in total. The third-order valence-electron chi connectivity index (χ3n) is 4.58. The Kier molecular flexibility index (Phi) is 5.06. The summed E-state index contributed by atoms with van der Waals surface area (Å²) < 4.78 is 0. The molecular weight excluding hydrogens is 280 g/mol. The highest BCUT2D eigenvalue weighted by atomic mass is 16.3. The lowest BCUT2D eigenvalue weighted by Crippen LogP contribution is -2.58. The van der Waals surface area contributed by atoms with Gasteiger partial charge in [-0.05, 0) is 37.5 Å². The molecule has 0 radical (unpaired) electrons. The standard InChI is InChI=1S/C17H24N2O3/c1-12(13-6-8-14(20)9-7-13)15(21)19-17(16(18)22)10-4-2-3-5-11-17/h6-9,12,20H,2-5,10-11H2,1H3,(H2,18,22)(H,19,21). The first-order chi connectivity index (χ1) is 10.4. The molecule has 2 rings (SSSR count). The largest absolute Gasteiger partial charge is 0.508 e. The van der Waals surface area contributed by atoms with E-state index in [2.05, 4.69) is 5.32 Å². The maximum absolute atomic E-state index is 12.5. The molecule has 0 bridgehead atoms. The monoisotopic (exact) mass is 304 g/mol. The lowest BCUT2D eigenvalue weighted by atomic mass is 9.88. The number of hydrogen-bond donors (Lipinski definition) is 3. The summed E-state index contributed by atoms with van der Waals surface area (Å²) in [6, 6.07) is 6.52. The second-order valence-electron chi connectivity index (χ2n) is 6.16. The van der Waals surface area contributed by atoms with Crippen molar-refractivity contribution >= 4 is 11.8 Å². The fourth-order valence-corrected chi connectivity index (χ4v) is 3.02. The minimum Gasteiger partial charge on any atom is -0.508 e. The van der Waals surface area contributed by atoms with Gasteiger partial charge in [-0.25, -0.2) is 0 Å². The predicted octanol–water partition coefficient (Wildman–Crippen LogP) is 2.19. The molecule has 0 heterocycles. The van der Waals surface area contributed by atoms with Crippen LogP contribution in [0.1, 0.15) is 56.9 Å². The summed E-state index contributed by atoms with van der Waals surface area (Å²) >= 11 is 0. The van der Waals surface area contributed by atoms with Crippen molar-refractivity contribution < 1.29 is 14.7 Å². The molecule has 0 aromatic heterocycles. The summed E-state index contributed by atoms with van der Waals surface area (Å²) in [4.78, 5) is 24.5. The number of benzene rings is 1. The van der Waals surface area contributed by atoms with E-state index in [4.69, 9.17) is 5.73 Å². The summed E-state index contributed by atoms with van der Waals surface area (Å²) in [5.74, 6) is -0.888. The van der Waals surface area contributed by atoms with Crippen molar-refractivity contribution in [2.45, 2.75) is 56.9 Å². The van der Waals surface area contributed by atoms with Crippen LogP contribution in [-0.4, -0.2) is 22.5 Å². The Morgan fingerprint density at radius 2 is 1.68 bits per heavy atom. The van der Waals surface area contributed by atoms with E-state index in [0.717, 1.165) is 31.2 Å². The third kappa shape index (κ3) is 3.59. The molecule has 1 aromatic rings. The Morgan fingerprint density at radius 1 is 1.14 bits per heavy atom. The molecular formula is C17H24N2O3. The van der Waals surface area contributed by atoms with Crippen LogP contribution < -0.4 is 11.1 Å². The van der Waals surface area contributed by atoms with Gasteiger partial charge >= 0.3 is 0 Å². The van der Waals surface area contributed by atoms with E-state index in [1.165, 1.54) is 0 Å². The number of amides is 2. The maximum atomic E-state index is 12.5. The number of aromatic hydroxyl groups is 1. The average Bonchev–Trinajstić information content (AvgIpc) is 2.74. The van der Waals surface area contributed by atoms with Crippen LogP contribution in [0, 0.1) is 0 Å². The van der Waals surface area contributed by atoms with Crippen molar-refractivity contribution in [2.24, 2.45) is 5.73 Å². The summed E-state index contributed by atoms with van der Waals surface area (Å²) in [5.41, 5.74) is 5.47. The number of carbonyl (C=O) groups is 2. The number of nitrogens with two attached hydrogens (primary N) is 1. The molecule has 0 spiro atoms. The SMILES string of the molecule is CC(C(=O)NC1(C(N)=O)CCCCCC1)c1ccc(O)cc1. The van der Waals surface area contributed by atoms with Gasteiger partial charge in [0.2, 0.25) is 11.8 Å². The van der Waals surface area contributed by atoms with Crippen molar-refractivity contribution in [1.82, 2.24) is 5.32 Å². The van der Waals surface area contributed by atoms with E-state index >= 15 is 0 Å². The first-order valence-corrected chi connectivity index (χ1v) is 7.85. The Morgan fingerprint density at radius 3 is 2.18 bits per heavy atom. The molecule has 0 aliphatic heterocycles. The van der Waals surface area contributed by atoms with Gasteiger partial charge in [-0.1, -0.05) is 37.8 Å². The summed E-state index contributed by atoms with van der Waals surface area (Å²) in [7, 11) is 0. The Hall–Kier alpha value is -2.04. The van der Waals surface area contributed by atoms with Crippen molar-refractivity contribution in [1.29, 1.82) is 0 Å². The van der Waals surface area contributed by atoms with E-state index in [-0.39, 0.29) is 11.7 Å². The third-order valence-corrected chi connectivity index (χ3v) is 4.58. The number of primary amides is 1.